The van der Waals surface area contributed by atoms with Gasteiger partial charge in [-0.1, -0.05) is 32.9 Å². The monoisotopic (exact) mass is 251 g/mol. The molecular weight excluding hydrogens is 230 g/mol. The Balaban J connectivity index is 2.09. The number of thioether (sulfide) groups is 1. The molecule has 0 radical (unpaired) electrons. The number of rotatable bonds is 4. The minimum absolute atomic E-state index is 0.0238. The Bertz CT molecular complexity index is 392. The number of para-hydroxylation sites is 1. The maximum absolute atomic E-state index is 9.75. The molecule has 1 fully saturated rings. The lowest BCUT2D eigenvalue weighted by Crippen LogP contribution is -2.56. The van der Waals surface area contributed by atoms with Crippen molar-refractivity contribution in [2.45, 2.75) is 44.2 Å². The van der Waals surface area contributed by atoms with Crippen LogP contribution in [0.2, 0.25) is 0 Å². The zero-order valence-electron chi connectivity index (χ0n) is 10.7. The van der Waals surface area contributed by atoms with Crippen molar-refractivity contribution in [3.8, 4) is 0 Å². The predicted molar refractivity (Wildman–Crippen MR) is 74.7 cm³/mol. The fourth-order valence-electron chi connectivity index (χ4n) is 2.20. The fourth-order valence-corrected chi connectivity index (χ4v) is 2.97. The highest BCUT2D eigenvalue weighted by atomic mass is 32.2. The van der Waals surface area contributed by atoms with Crippen molar-refractivity contribution < 1.29 is 5.11 Å². The third-order valence-electron chi connectivity index (χ3n) is 3.73. The second kappa shape index (κ2) is 4.91. The quantitative estimate of drug-likeness (QED) is 0.805. The molecule has 2 rings (SSSR count). The maximum atomic E-state index is 9.75. The Kier molecular flexibility index (Phi) is 3.69. The lowest BCUT2D eigenvalue weighted by atomic mass is 9.64. The van der Waals surface area contributed by atoms with Gasteiger partial charge in [0.05, 0.1) is 6.10 Å². The van der Waals surface area contributed by atoms with E-state index in [1.807, 2.05) is 11.8 Å². The van der Waals surface area contributed by atoms with E-state index in [-0.39, 0.29) is 11.5 Å². The van der Waals surface area contributed by atoms with Gasteiger partial charge in [-0.05, 0) is 24.3 Å². The fraction of sp³-hybridized carbons (Fsp3) is 0.571. The van der Waals surface area contributed by atoms with Gasteiger partial charge in [-0.2, -0.15) is 0 Å². The molecule has 2 unspecified atom stereocenters. The van der Waals surface area contributed by atoms with Crippen LogP contribution in [0, 0.1) is 5.41 Å². The average molecular weight is 251 g/mol. The van der Waals surface area contributed by atoms with Gasteiger partial charge in [0.2, 0.25) is 0 Å². The molecule has 3 heteroatoms. The molecule has 0 aromatic heterocycles. The summed E-state index contributed by atoms with van der Waals surface area (Å²) in [7, 11) is 0. The molecule has 0 saturated heterocycles. The first-order chi connectivity index (χ1) is 8.05. The predicted octanol–water partition coefficient (Wildman–Crippen LogP) is 3.37. The summed E-state index contributed by atoms with van der Waals surface area (Å²) in [6.07, 6.45) is 0.670. The van der Waals surface area contributed by atoms with Crippen LogP contribution >= 0.6 is 11.8 Å². The molecule has 94 valence electrons. The molecule has 0 bridgehead atoms. The molecular formula is C14H21NOS. The molecule has 0 heterocycles. The third-order valence-corrected chi connectivity index (χ3v) is 4.69. The van der Waals surface area contributed by atoms with Crippen molar-refractivity contribution in [3.63, 3.8) is 0 Å². The SMILES string of the molecule is CCSc1ccccc1NC1CC(O)C1(C)C. The van der Waals surface area contributed by atoms with Gasteiger partial charge >= 0.3 is 0 Å². The number of hydrogen-bond acceptors (Lipinski definition) is 3. The molecule has 0 aliphatic heterocycles. The van der Waals surface area contributed by atoms with Gasteiger partial charge in [-0.15, -0.1) is 11.8 Å². The summed E-state index contributed by atoms with van der Waals surface area (Å²) in [5.74, 6) is 1.08. The maximum Gasteiger partial charge on any atom is 0.0630 e. The number of benzene rings is 1. The summed E-state index contributed by atoms with van der Waals surface area (Å²) in [5.41, 5.74) is 1.17. The minimum Gasteiger partial charge on any atom is -0.392 e. The first-order valence-electron chi connectivity index (χ1n) is 6.22. The molecule has 0 amide bonds. The Morgan fingerprint density at radius 3 is 2.71 bits per heavy atom. The van der Waals surface area contributed by atoms with Crippen LogP contribution in [0.25, 0.3) is 0 Å². The number of nitrogens with one attached hydrogen (secondary N) is 1. The van der Waals surface area contributed by atoms with E-state index in [9.17, 15) is 5.11 Å². The van der Waals surface area contributed by atoms with Crippen LogP contribution in [-0.4, -0.2) is 23.0 Å². The molecule has 0 spiro atoms. The molecule has 1 aromatic carbocycles. The first-order valence-corrected chi connectivity index (χ1v) is 7.20. The third kappa shape index (κ3) is 2.45. The van der Waals surface area contributed by atoms with Crippen LogP contribution in [0.4, 0.5) is 5.69 Å². The van der Waals surface area contributed by atoms with E-state index in [1.54, 1.807) is 0 Å². The highest BCUT2D eigenvalue weighted by Crippen LogP contribution is 2.43. The number of aliphatic hydroxyl groups excluding tert-OH is 1. The van der Waals surface area contributed by atoms with Crippen molar-refractivity contribution in [3.05, 3.63) is 24.3 Å². The number of aliphatic hydroxyl groups is 1. The van der Waals surface area contributed by atoms with Crippen molar-refractivity contribution in [2.75, 3.05) is 11.1 Å². The zero-order chi connectivity index (χ0) is 12.5. The summed E-state index contributed by atoms with van der Waals surface area (Å²) >= 11 is 1.85. The van der Waals surface area contributed by atoms with Gasteiger partial charge in [0, 0.05) is 22.0 Å². The van der Waals surface area contributed by atoms with E-state index in [0.717, 1.165) is 12.2 Å². The van der Waals surface area contributed by atoms with Crippen molar-refractivity contribution in [1.29, 1.82) is 0 Å². The van der Waals surface area contributed by atoms with Crippen LogP contribution in [0.3, 0.4) is 0 Å². The van der Waals surface area contributed by atoms with Crippen molar-refractivity contribution in [1.82, 2.24) is 0 Å². The van der Waals surface area contributed by atoms with Crippen LogP contribution in [0.15, 0.2) is 29.2 Å². The summed E-state index contributed by atoms with van der Waals surface area (Å²) in [6.45, 7) is 6.40. The standard InChI is InChI=1S/C14H21NOS/c1-4-17-11-8-6-5-7-10(11)15-12-9-13(16)14(12,2)3/h5-8,12-13,15-16H,4,9H2,1-3H3. The molecule has 2 nitrogen and oxygen atoms in total. The molecule has 1 aliphatic rings. The lowest BCUT2D eigenvalue weighted by Gasteiger charge is -2.50. The molecule has 1 saturated carbocycles. The zero-order valence-corrected chi connectivity index (χ0v) is 11.6. The number of anilines is 1. The van der Waals surface area contributed by atoms with Gasteiger partial charge in [0.25, 0.3) is 0 Å². The lowest BCUT2D eigenvalue weighted by molar-refractivity contribution is -0.0511. The van der Waals surface area contributed by atoms with Gasteiger partial charge in [-0.3, -0.25) is 0 Å². The van der Waals surface area contributed by atoms with Gasteiger partial charge in [-0.25, -0.2) is 0 Å². The van der Waals surface area contributed by atoms with E-state index < -0.39 is 0 Å². The minimum atomic E-state index is -0.175. The van der Waals surface area contributed by atoms with E-state index >= 15 is 0 Å². The van der Waals surface area contributed by atoms with Gasteiger partial charge in [0.1, 0.15) is 0 Å². The topological polar surface area (TPSA) is 32.3 Å². The van der Waals surface area contributed by atoms with E-state index in [1.165, 1.54) is 10.6 Å². The van der Waals surface area contributed by atoms with Gasteiger partial charge in [0.15, 0.2) is 0 Å². The highest BCUT2D eigenvalue weighted by Gasteiger charge is 2.47. The van der Waals surface area contributed by atoms with Crippen molar-refractivity contribution >= 4 is 17.4 Å². The number of hydrogen-bond donors (Lipinski definition) is 2. The van der Waals surface area contributed by atoms with E-state index in [4.69, 9.17) is 0 Å². The van der Waals surface area contributed by atoms with E-state index in [0.29, 0.717) is 6.04 Å². The average Bonchev–Trinajstić information content (AvgIpc) is 2.31. The summed E-state index contributed by atoms with van der Waals surface area (Å²) in [5, 5.41) is 13.3. The Morgan fingerprint density at radius 1 is 1.41 bits per heavy atom. The van der Waals surface area contributed by atoms with Gasteiger partial charge < -0.3 is 10.4 Å². The Hall–Kier alpha value is -0.670. The van der Waals surface area contributed by atoms with Crippen LogP contribution < -0.4 is 5.32 Å². The molecule has 1 aromatic rings. The second-order valence-corrected chi connectivity index (χ2v) is 6.50. The van der Waals surface area contributed by atoms with Crippen LogP contribution in [-0.2, 0) is 0 Å². The second-order valence-electron chi connectivity index (χ2n) is 5.20. The summed E-state index contributed by atoms with van der Waals surface area (Å²) < 4.78 is 0. The van der Waals surface area contributed by atoms with Crippen molar-refractivity contribution in [2.24, 2.45) is 5.41 Å². The highest BCUT2D eigenvalue weighted by molar-refractivity contribution is 7.99. The summed E-state index contributed by atoms with van der Waals surface area (Å²) in [6, 6.07) is 8.78. The Morgan fingerprint density at radius 2 is 2.12 bits per heavy atom. The molecule has 2 atom stereocenters. The summed E-state index contributed by atoms with van der Waals surface area (Å²) in [4.78, 5) is 1.30. The Labute approximate surface area is 108 Å². The van der Waals surface area contributed by atoms with E-state index in [2.05, 4.69) is 50.4 Å². The molecule has 2 N–H and O–H groups in total. The largest absolute Gasteiger partial charge is 0.392 e. The van der Waals surface area contributed by atoms with Crippen LogP contribution in [0.5, 0.6) is 0 Å². The first kappa shape index (κ1) is 12.8. The molecule has 1 aliphatic carbocycles. The normalized spacial score (nSPS) is 26.4. The van der Waals surface area contributed by atoms with Crippen LogP contribution in [0.1, 0.15) is 27.2 Å². The smallest absolute Gasteiger partial charge is 0.0630 e. The molecule has 17 heavy (non-hydrogen) atoms.